The molecule has 28 heavy (non-hydrogen) atoms. The van der Waals surface area contributed by atoms with Crippen LogP contribution >= 0.6 is 0 Å². The molecule has 8 heteroatoms. The minimum absolute atomic E-state index is 0.0576. The lowest BCUT2D eigenvalue weighted by atomic mass is 10.1. The Balaban J connectivity index is 1.78. The third-order valence-electron chi connectivity index (χ3n) is 4.70. The van der Waals surface area contributed by atoms with Crippen molar-refractivity contribution in [2.24, 2.45) is 0 Å². The monoisotopic (exact) mass is 404 g/mol. The number of sulfonamides is 1. The molecule has 150 valence electrons. The van der Waals surface area contributed by atoms with Gasteiger partial charge in [0.2, 0.25) is 10.0 Å². The third kappa shape index (κ3) is 4.06. The molecule has 0 fully saturated rings. The summed E-state index contributed by atoms with van der Waals surface area (Å²) in [5, 5.41) is 2.90. The molecule has 0 spiro atoms. The Labute approximate surface area is 165 Å². The highest BCUT2D eigenvalue weighted by atomic mass is 32.2. The van der Waals surface area contributed by atoms with Crippen molar-refractivity contribution in [1.82, 2.24) is 5.32 Å². The Bertz CT molecular complexity index is 943. The van der Waals surface area contributed by atoms with E-state index in [1.807, 2.05) is 31.2 Å². The summed E-state index contributed by atoms with van der Waals surface area (Å²) in [6.45, 7) is 3.37. The van der Waals surface area contributed by atoms with Gasteiger partial charge in [0.25, 0.3) is 5.91 Å². The molecule has 2 atom stereocenters. The first kappa shape index (κ1) is 20.0. The number of nitrogens with zero attached hydrogens (tertiary/aromatic N) is 1. The standard InChI is InChI=1S/C20H24N2O5S/c1-4-28(24,25)22-13-19(27-18-8-6-5-7-17(18)22)20(23)21-14(2)15-9-11-16(26-3)12-10-15/h5-12,14,19H,4,13H2,1-3H3,(H,21,23)/t14-,19-/m0/s1. The Morgan fingerprint density at radius 1 is 1.25 bits per heavy atom. The summed E-state index contributed by atoms with van der Waals surface area (Å²) in [5.74, 6) is 0.685. The van der Waals surface area contributed by atoms with Crippen LogP contribution in [0.3, 0.4) is 0 Å². The molecule has 0 aliphatic carbocycles. The van der Waals surface area contributed by atoms with Gasteiger partial charge in [-0.15, -0.1) is 0 Å². The molecule has 0 unspecified atom stereocenters. The molecular formula is C20H24N2O5S. The van der Waals surface area contributed by atoms with E-state index in [2.05, 4.69) is 5.32 Å². The SMILES string of the molecule is CCS(=O)(=O)N1C[C@@H](C(=O)N[C@@H](C)c2ccc(OC)cc2)Oc2ccccc21. The van der Waals surface area contributed by atoms with Crippen molar-refractivity contribution >= 4 is 21.6 Å². The van der Waals surface area contributed by atoms with Crippen LogP contribution in [0, 0.1) is 0 Å². The van der Waals surface area contributed by atoms with Gasteiger partial charge in [0.15, 0.2) is 6.10 Å². The molecular weight excluding hydrogens is 380 g/mol. The van der Waals surface area contributed by atoms with E-state index in [9.17, 15) is 13.2 Å². The van der Waals surface area contributed by atoms with Gasteiger partial charge >= 0.3 is 0 Å². The van der Waals surface area contributed by atoms with E-state index in [0.29, 0.717) is 11.4 Å². The second-order valence-electron chi connectivity index (χ2n) is 6.51. The largest absolute Gasteiger partial charge is 0.497 e. The van der Waals surface area contributed by atoms with Gasteiger partial charge < -0.3 is 14.8 Å². The number of carbonyl (C=O) groups excluding carboxylic acids is 1. The number of hydrogen-bond acceptors (Lipinski definition) is 5. The Morgan fingerprint density at radius 3 is 2.57 bits per heavy atom. The fraction of sp³-hybridized carbons (Fsp3) is 0.350. The van der Waals surface area contributed by atoms with Gasteiger partial charge in [-0.05, 0) is 43.7 Å². The van der Waals surface area contributed by atoms with Crippen molar-refractivity contribution in [2.75, 3.05) is 23.7 Å². The maximum atomic E-state index is 12.8. The Morgan fingerprint density at radius 2 is 1.93 bits per heavy atom. The van der Waals surface area contributed by atoms with E-state index >= 15 is 0 Å². The topological polar surface area (TPSA) is 84.9 Å². The number of para-hydroxylation sites is 2. The van der Waals surface area contributed by atoms with E-state index in [1.54, 1.807) is 38.3 Å². The van der Waals surface area contributed by atoms with Crippen LogP contribution in [0.25, 0.3) is 0 Å². The molecule has 0 saturated heterocycles. The number of anilines is 1. The van der Waals surface area contributed by atoms with Crippen LogP contribution in [0.2, 0.25) is 0 Å². The fourth-order valence-electron chi connectivity index (χ4n) is 3.04. The molecule has 2 aromatic carbocycles. The van der Waals surface area contributed by atoms with Crippen LogP contribution in [-0.4, -0.2) is 39.8 Å². The van der Waals surface area contributed by atoms with Gasteiger partial charge in [0.1, 0.15) is 11.5 Å². The smallest absolute Gasteiger partial charge is 0.263 e. The zero-order valence-corrected chi connectivity index (χ0v) is 16.9. The zero-order chi connectivity index (χ0) is 20.3. The number of methoxy groups -OCH3 is 1. The first-order valence-corrected chi connectivity index (χ1v) is 10.7. The van der Waals surface area contributed by atoms with Crippen LogP contribution in [0.1, 0.15) is 25.5 Å². The van der Waals surface area contributed by atoms with Crippen molar-refractivity contribution in [1.29, 1.82) is 0 Å². The normalized spacial score (nSPS) is 17.2. The molecule has 1 aliphatic rings. The molecule has 3 rings (SSSR count). The van der Waals surface area contributed by atoms with Crippen LogP contribution in [0.15, 0.2) is 48.5 Å². The molecule has 1 N–H and O–H groups in total. The first-order chi connectivity index (χ1) is 13.4. The second kappa shape index (κ2) is 8.10. The van der Waals surface area contributed by atoms with Gasteiger partial charge in [-0.1, -0.05) is 24.3 Å². The van der Waals surface area contributed by atoms with Gasteiger partial charge in [-0.2, -0.15) is 0 Å². The van der Waals surface area contributed by atoms with Crippen LogP contribution < -0.4 is 19.1 Å². The van der Waals surface area contributed by atoms with E-state index in [-0.39, 0.29) is 24.2 Å². The molecule has 0 radical (unpaired) electrons. The van der Waals surface area contributed by atoms with Crippen LogP contribution in [0.5, 0.6) is 11.5 Å². The number of rotatable bonds is 6. The van der Waals surface area contributed by atoms with E-state index in [0.717, 1.165) is 11.3 Å². The minimum atomic E-state index is -3.53. The highest BCUT2D eigenvalue weighted by Gasteiger charge is 2.36. The number of carbonyl (C=O) groups is 1. The van der Waals surface area contributed by atoms with Gasteiger partial charge in [-0.25, -0.2) is 8.42 Å². The number of ether oxygens (including phenoxy) is 2. The van der Waals surface area contributed by atoms with E-state index in [4.69, 9.17) is 9.47 Å². The molecule has 1 aliphatic heterocycles. The highest BCUT2D eigenvalue weighted by molar-refractivity contribution is 7.92. The number of benzene rings is 2. The number of nitrogens with one attached hydrogen (secondary N) is 1. The Hall–Kier alpha value is -2.74. The lowest BCUT2D eigenvalue weighted by Crippen LogP contribution is -2.51. The maximum Gasteiger partial charge on any atom is 0.263 e. The van der Waals surface area contributed by atoms with E-state index in [1.165, 1.54) is 4.31 Å². The Kier molecular flexibility index (Phi) is 5.79. The number of amides is 1. The van der Waals surface area contributed by atoms with Crippen molar-refractivity contribution < 1.29 is 22.7 Å². The third-order valence-corrected chi connectivity index (χ3v) is 6.45. The molecule has 0 aromatic heterocycles. The molecule has 0 saturated carbocycles. The minimum Gasteiger partial charge on any atom is -0.497 e. The first-order valence-electron chi connectivity index (χ1n) is 9.06. The van der Waals surface area contributed by atoms with Crippen molar-refractivity contribution in [2.45, 2.75) is 26.0 Å². The summed E-state index contributed by atoms with van der Waals surface area (Å²) in [4.78, 5) is 12.8. The molecule has 0 bridgehead atoms. The van der Waals surface area contributed by atoms with E-state index < -0.39 is 16.1 Å². The highest BCUT2D eigenvalue weighted by Crippen LogP contribution is 2.35. The van der Waals surface area contributed by atoms with Gasteiger partial charge in [0, 0.05) is 0 Å². The summed E-state index contributed by atoms with van der Waals surface area (Å²) < 4.78 is 37.2. The summed E-state index contributed by atoms with van der Waals surface area (Å²) >= 11 is 0. The second-order valence-corrected chi connectivity index (χ2v) is 8.69. The van der Waals surface area contributed by atoms with Crippen molar-refractivity contribution in [3.8, 4) is 11.5 Å². The fourth-order valence-corrected chi connectivity index (χ4v) is 4.16. The van der Waals surface area contributed by atoms with Crippen molar-refractivity contribution in [3.05, 3.63) is 54.1 Å². The van der Waals surface area contributed by atoms with Crippen LogP contribution in [0.4, 0.5) is 5.69 Å². The van der Waals surface area contributed by atoms with Crippen molar-refractivity contribution in [3.63, 3.8) is 0 Å². The maximum absolute atomic E-state index is 12.8. The van der Waals surface area contributed by atoms with Gasteiger partial charge in [-0.3, -0.25) is 9.10 Å². The van der Waals surface area contributed by atoms with Gasteiger partial charge in [0.05, 0.1) is 31.1 Å². The molecule has 7 nitrogen and oxygen atoms in total. The number of hydrogen-bond donors (Lipinski definition) is 1. The van der Waals surface area contributed by atoms with Crippen LogP contribution in [-0.2, 0) is 14.8 Å². The molecule has 2 aromatic rings. The summed E-state index contributed by atoms with van der Waals surface area (Å²) in [6, 6.07) is 13.9. The average Bonchev–Trinajstić information content (AvgIpc) is 2.72. The average molecular weight is 404 g/mol. The molecule has 1 heterocycles. The summed E-state index contributed by atoms with van der Waals surface area (Å²) in [6.07, 6.45) is -0.933. The lowest BCUT2D eigenvalue weighted by Gasteiger charge is -2.35. The zero-order valence-electron chi connectivity index (χ0n) is 16.1. The number of fused-ring (bicyclic) bond motifs is 1. The predicted octanol–water partition coefficient (Wildman–Crippen LogP) is 2.49. The summed E-state index contributed by atoms with van der Waals surface area (Å²) in [5.41, 5.74) is 1.36. The molecule has 1 amide bonds. The lowest BCUT2D eigenvalue weighted by molar-refractivity contribution is -0.128. The predicted molar refractivity (Wildman–Crippen MR) is 107 cm³/mol. The quantitative estimate of drug-likeness (QED) is 0.800. The summed E-state index contributed by atoms with van der Waals surface area (Å²) in [7, 11) is -1.94.